The largest absolute Gasteiger partial charge is 0.370 e. The van der Waals surface area contributed by atoms with E-state index in [0.717, 1.165) is 13.1 Å². The highest BCUT2D eigenvalue weighted by molar-refractivity contribution is 5.85. The van der Waals surface area contributed by atoms with Crippen LogP contribution >= 0.6 is 12.4 Å². The Morgan fingerprint density at radius 3 is 1.00 bits per heavy atom. The lowest BCUT2D eigenvalue weighted by Gasteiger charge is -2.21. The molecule has 0 rings (SSSR count). The fourth-order valence-corrected chi connectivity index (χ4v) is 5.01. The molecule has 0 unspecified atom stereocenters. The molecule has 0 aromatic rings. The first-order valence-electron chi connectivity index (χ1n) is 16.0. The Labute approximate surface area is 233 Å². The van der Waals surface area contributed by atoms with Gasteiger partial charge < -0.3 is 16.4 Å². The van der Waals surface area contributed by atoms with Gasteiger partial charge in [0.1, 0.15) is 0 Å². The molecular weight excluding hydrogens is 464 g/mol. The lowest BCUT2D eigenvalue weighted by atomic mass is 10.0. The number of aliphatic imine (C=N–C) groups is 1. The summed E-state index contributed by atoms with van der Waals surface area (Å²) in [5.74, 6) is 0.223. The van der Waals surface area contributed by atoms with Gasteiger partial charge in [-0.3, -0.25) is 4.99 Å². The fraction of sp³-hybridized carbons (Fsp3) is 0.968. The summed E-state index contributed by atoms with van der Waals surface area (Å²) in [5, 5.41) is 0. The molecule has 0 amide bonds. The minimum Gasteiger partial charge on any atom is -0.370 e. The van der Waals surface area contributed by atoms with E-state index in [1.54, 1.807) is 0 Å². The summed E-state index contributed by atoms with van der Waals surface area (Å²) in [4.78, 5) is 6.81. The zero-order valence-corrected chi connectivity index (χ0v) is 25.6. The van der Waals surface area contributed by atoms with E-state index in [1.165, 1.54) is 167 Å². The maximum atomic E-state index is 5.53. The van der Waals surface area contributed by atoms with Crippen molar-refractivity contribution in [3.05, 3.63) is 0 Å². The zero-order chi connectivity index (χ0) is 25.7. The van der Waals surface area contributed by atoms with Crippen molar-refractivity contribution in [3.8, 4) is 0 Å². The number of rotatable bonds is 29. The molecule has 0 saturated heterocycles. The highest BCUT2D eigenvalue weighted by Crippen LogP contribution is 2.14. The molecule has 0 fully saturated rings. The Morgan fingerprint density at radius 1 is 0.444 bits per heavy atom. The lowest BCUT2D eigenvalue weighted by Crippen LogP contribution is -2.30. The van der Waals surface area contributed by atoms with Crippen LogP contribution in [0.25, 0.3) is 0 Å². The smallest absolute Gasteiger partial charge is 0.185 e. The van der Waals surface area contributed by atoms with Gasteiger partial charge in [0.15, 0.2) is 5.96 Å². The Bertz CT molecular complexity index is 399. The Morgan fingerprint density at radius 2 is 0.722 bits per heavy atom. The van der Waals surface area contributed by atoms with E-state index >= 15 is 0 Å². The molecule has 5 heteroatoms. The summed E-state index contributed by atoms with van der Waals surface area (Å²) >= 11 is 0. The fourth-order valence-electron chi connectivity index (χ4n) is 5.01. The van der Waals surface area contributed by atoms with Crippen molar-refractivity contribution in [1.29, 1.82) is 0 Å². The first kappa shape index (κ1) is 37.7. The summed E-state index contributed by atoms with van der Waals surface area (Å²) < 4.78 is 0. The monoisotopic (exact) mass is 531 g/mol. The zero-order valence-electron chi connectivity index (χ0n) is 24.8. The first-order valence-corrected chi connectivity index (χ1v) is 16.0. The molecule has 0 aromatic heterocycles. The standard InChI is InChI=1S/C31H66N4.ClH/c1-3-5-7-9-11-13-15-17-19-21-23-25-28-35(30-27-34-31(32)33)29-26-24-22-20-18-16-14-12-10-8-6-4-2;/h3-30H2,1-2H3,(H4,32,33,34);1H. The SMILES string of the molecule is CCCCCCCCCCCCCCN(CCCCCCCCCCCCCC)CCN=C(N)N.Cl. The number of guanidine groups is 1. The van der Waals surface area contributed by atoms with E-state index < -0.39 is 0 Å². The highest BCUT2D eigenvalue weighted by Gasteiger charge is 2.05. The maximum Gasteiger partial charge on any atom is 0.185 e. The number of nitrogens with two attached hydrogens (primary N) is 2. The average molecular weight is 531 g/mol. The van der Waals surface area contributed by atoms with Crippen molar-refractivity contribution in [3.63, 3.8) is 0 Å². The van der Waals surface area contributed by atoms with Crippen LogP contribution in [0.3, 0.4) is 0 Å². The van der Waals surface area contributed by atoms with E-state index in [9.17, 15) is 0 Å². The van der Waals surface area contributed by atoms with Crippen LogP contribution in [0, 0.1) is 0 Å². The van der Waals surface area contributed by atoms with Crippen LogP contribution in [0.1, 0.15) is 168 Å². The number of hydrogen-bond donors (Lipinski definition) is 2. The van der Waals surface area contributed by atoms with Crippen LogP contribution in [-0.2, 0) is 0 Å². The Kier molecular flexibility index (Phi) is 34.1. The molecule has 0 spiro atoms. The van der Waals surface area contributed by atoms with Crippen molar-refractivity contribution in [1.82, 2.24) is 4.90 Å². The molecule has 0 saturated carbocycles. The average Bonchev–Trinajstić information content (AvgIpc) is 2.84. The van der Waals surface area contributed by atoms with Crippen LogP contribution in [-0.4, -0.2) is 37.0 Å². The summed E-state index contributed by atoms with van der Waals surface area (Å²) in [5.41, 5.74) is 11.1. The van der Waals surface area contributed by atoms with E-state index in [4.69, 9.17) is 11.5 Å². The van der Waals surface area contributed by atoms with Crippen molar-refractivity contribution in [2.75, 3.05) is 26.2 Å². The molecule has 0 aromatic carbocycles. The van der Waals surface area contributed by atoms with Crippen LogP contribution in [0.2, 0.25) is 0 Å². The molecule has 0 heterocycles. The molecule has 4 N–H and O–H groups in total. The molecule has 0 bridgehead atoms. The Balaban J connectivity index is 0. The third-order valence-corrected chi connectivity index (χ3v) is 7.37. The Hall–Kier alpha value is -0.480. The summed E-state index contributed by atoms with van der Waals surface area (Å²) in [6.45, 7) is 8.73. The molecule has 0 atom stereocenters. The summed E-state index contributed by atoms with van der Waals surface area (Å²) in [7, 11) is 0. The van der Waals surface area contributed by atoms with E-state index in [1.807, 2.05) is 0 Å². The van der Waals surface area contributed by atoms with Gasteiger partial charge in [-0.1, -0.05) is 155 Å². The predicted octanol–water partition coefficient (Wildman–Crippen LogP) is 9.39. The third-order valence-electron chi connectivity index (χ3n) is 7.37. The van der Waals surface area contributed by atoms with Gasteiger partial charge in [0, 0.05) is 6.54 Å². The van der Waals surface area contributed by atoms with Gasteiger partial charge in [0.2, 0.25) is 0 Å². The van der Waals surface area contributed by atoms with Gasteiger partial charge in [0.05, 0.1) is 6.54 Å². The number of nitrogens with zero attached hydrogens (tertiary/aromatic N) is 2. The third kappa shape index (κ3) is 31.5. The first-order chi connectivity index (χ1) is 17.2. The summed E-state index contributed by atoms with van der Waals surface area (Å²) in [6.07, 6.45) is 33.9. The molecule has 0 aliphatic carbocycles. The highest BCUT2D eigenvalue weighted by atomic mass is 35.5. The summed E-state index contributed by atoms with van der Waals surface area (Å²) in [6, 6.07) is 0. The van der Waals surface area contributed by atoms with Gasteiger partial charge in [-0.2, -0.15) is 0 Å². The quantitative estimate of drug-likeness (QED) is 0.0574. The van der Waals surface area contributed by atoms with Crippen LogP contribution in [0.4, 0.5) is 0 Å². The number of halogens is 1. The molecule has 0 aliphatic heterocycles. The lowest BCUT2D eigenvalue weighted by molar-refractivity contribution is 0.267. The second-order valence-electron chi connectivity index (χ2n) is 10.9. The van der Waals surface area contributed by atoms with Gasteiger partial charge in [-0.25, -0.2) is 0 Å². The molecule has 36 heavy (non-hydrogen) atoms. The topological polar surface area (TPSA) is 67.6 Å². The van der Waals surface area contributed by atoms with Gasteiger partial charge in [-0.05, 0) is 25.9 Å². The van der Waals surface area contributed by atoms with Crippen LogP contribution < -0.4 is 11.5 Å². The van der Waals surface area contributed by atoms with Crippen molar-refractivity contribution >= 4 is 18.4 Å². The molecule has 0 radical (unpaired) electrons. The molecule has 4 nitrogen and oxygen atoms in total. The second kappa shape index (κ2) is 32.5. The van der Waals surface area contributed by atoms with E-state index in [2.05, 4.69) is 23.7 Å². The van der Waals surface area contributed by atoms with E-state index in [0.29, 0.717) is 0 Å². The number of hydrogen-bond acceptors (Lipinski definition) is 2. The normalized spacial score (nSPS) is 11.1. The van der Waals surface area contributed by atoms with Gasteiger partial charge >= 0.3 is 0 Å². The predicted molar refractivity (Wildman–Crippen MR) is 167 cm³/mol. The van der Waals surface area contributed by atoms with Gasteiger partial charge in [-0.15, -0.1) is 12.4 Å². The van der Waals surface area contributed by atoms with E-state index in [-0.39, 0.29) is 18.4 Å². The molecular formula is C31H67ClN4. The number of unbranched alkanes of at least 4 members (excludes halogenated alkanes) is 22. The second-order valence-corrected chi connectivity index (χ2v) is 10.9. The maximum absolute atomic E-state index is 5.53. The molecule has 218 valence electrons. The van der Waals surface area contributed by atoms with Crippen LogP contribution in [0.15, 0.2) is 4.99 Å². The molecule has 0 aliphatic rings. The van der Waals surface area contributed by atoms with Crippen molar-refractivity contribution < 1.29 is 0 Å². The minimum absolute atomic E-state index is 0. The van der Waals surface area contributed by atoms with Gasteiger partial charge in [0.25, 0.3) is 0 Å². The minimum atomic E-state index is 0. The van der Waals surface area contributed by atoms with Crippen molar-refractivity contribution in [2.45, 2.75) is 168 Å². The van der Waals surface area contributed by atoms with Crippen LogP contribution in [0.5, 0.6) is 0 Å². The van der Waals surface area contributed by atoms with Crippen molar-refractivity contribution in [2.24, 2.45) is 16.5 Å².